The highest BCUT2D eigenvalue weighted by molar-refractivity contribution is 5.92. The molecule has 2 amide bonds. The molecule has 6 nitrogen and oxygen atoms in total. The van der Waals surface area contributed by atoms with E-state index in [2.05, 4.69) is 17.6 Å². The monoisotopic (exact) mass is 319 g/mol. The Kier molecular flexibility index (Phi) is 5.98. The predicted molar refractivity (Wildman–Crippen MR) is 89.4 cm³/mol. The number of nitrogens with zero attached hydrogens (tertiary/aromatic N) is 1. The van der Waals surface area contributed by atoms with E-state index in [4.69, 9.17) is 4.74 Å². The molecule has 23 heavy (non-hydrogen) atoms. The highest BCUT2D eigenvalue weighted by Crippen LogP contribution is 2.20. The summed E-state index contributed by atoms with van der Waals surface area (Å²) < 4.78 is 5.41. The van der Waals surface area contributed by atoms with E-state index in [0.29, 0.717) is 11.8 Å². The molecule has 2 rings (SSSR count). The van der Waals surface area contributed by atoms with Crippen LogP contribution in [-0.2, 0) is 9.59 Å². The fourth-order valence-electron chi connectivity index (χ4n) is 2.52. The number of carbonyl (C=O) groups excluding carboxylic acids is 2. The Hall–Kier alpha value is -2.08. The minimum absolute atomic E-state index is 0.00562. The van der Waals surface area contributed by atoms with Crippen molar-refractivity contribution in [2.45, 2.75) is 25.8 Å². The van der Waals surface area contributed by atoms with E-state index in [9.17, 15) is 9.59 Å². The molecule has 1 aliphatic rings. The first-order valence-electron chi connectivity index (χ1n) is 7.93. The van der Waals surface area contributed by atoms with Crippen molar-refractivity contribution < 1.29 is 14.3 Å². The SMILES string of the molecule is C[C@H]1C[C@@H](C(=O)Nc2ccc(OCC(=O)N(C)C)cc2)CCN1. The minimum Gasteiger partial charge on any atom is -0.484 e. The second-order valence-corrected chi connectivity index (χ2v) is 6.17. The number of hydrogen-bond donors (Lipinski definition) is 2. The smallest absolute Gasteiger partial charge is 0.259 e. The van der Waals surface area contributed by atoms with E-state index in [1.54, 1.807) is 38.4 Å². The minimum atomic E-state index is -0.0950. The molecule has 6 heteroatoms. The van der Waals surface area contributed by atoms with Crippen LogP contribution in [0.2, 0.25) is 0 Å². The Morgan fingerprint density at radius 3 is 2.61 bits per heavy atom. The quantitative estimate of drug-likeness (QED) is 0.862. The van der Waals surface area contributed by atoms with Crippen LogP contribution in [0, 0.1) is 5.92 Å². The summed E-state index contributed by atoms with van der Waals surface area (Å²) in [5.41, 5.74) is 0.743. The van der Waals surface area contributed by atoms with Crippen LogP contribution in [-0.4, -0.2) is 50.0 Å². The second-order valence-electron chi connectivity index (χ2n) is 6.17. The van der Waals surface area contributed by atoms with Crippen molar-refractivity contribution in [2.24, 2.45) is 5.92 Å². The molecule has 0 spiro atoms. The fraction of sp³-hybridized carbons (Fsp3) is 0.529. The number of amides is 2. The lowest BCUT2D eigenvalue weighted by Crippen LogP contribution is -2.40. The summed E-state index contributed by atoms with van der Waals surface area (Å²) in [5, 5.41) is 6.29. The molecule has 126 valence electrons. The third-order valence-corrected chi connectivity index (χ3v) is 3.98. The average Bonchev–Trinajstić information content (AvgIpc) is 2.53. The van der Waals surface area contributed by atoms with Crippen LogP contribution in [0.5, 0.6) is 5.75 Å². The lowest BCUT2D eigenvalue weighted by Gasteiger charge is -2.27. The molecular weight excluding hydrogens is 294 g/mol. The van der Waals surface area contributed by atoms with Crippen LogP contribution >= 0.6 is 0 Å². The summed E-state index contributed by atoms with van der Waals surface area (Å²) in [7, 11) is 3.37. The van der Waals surface area contributed by atoms with Gasteiger partial charge >= 0.3 is 0 Å². The van der Waals surface area contributed by atoms with Gasteiger partial charge < -0.3 is 20.3 Å². The highest BCUT2D eigenvalue weighted by atomic mass is 16.5. The van der Waals surface area contributed by atoms with E-state index in [0.717, 1.165) is 25.1 Å². The zero-order valence-electron chi connectivity index (χ0n) is 14.0. The van der Waals surface area contributed by atoms with Gasteiger partial charge in [0.05, 0.1) is 0 Å². The van der Waals surface area contributed by atoms with Crippen molar-refractivity contribution in [3.8, 4) is 5.75 Å². The van der Waals surface area contributed by atoms with E-state index in [1.807, 2.05) is 0 Å². The van der Waals surface area contributed by atoms with Crippen LogP contribution in [0.3, 0.4) is 0 Å². The van der Waals surface area contributed by atoms with Gasteiger partial charge in [-0.3, -0.25) is 9.59 Å². The van der Waals surface area contributed by atoms with Crippen molar-refractivity contribution in [2.75, 3.05) is 32.6 Å². The number of hydrogen-bond acceptors (Lipinski definition) is 4. The number of likely N-dealkylation sites (N-methyl/N-ethyl adjacent to an activating group) is 1. The Morgan fingerprint density at radius 2 is 2.00 bits per heavy atom. The van der Waals surface area contributed by atoms with E-state index < -0.39 is 0 Å². The lowest BCUT2D eigenvalue weighted by atomic mass is 9.92. The topological polar surface area (TPSA) is 70.7 Å². The second kappa shape index (κ2) is 7.97. The fourth-order valence-corrected chi connectivity index (χ4v) is 2.52. The molecular formula is C17H25N3O3. The van der Waals surface area contributed by atoms with Crippen molar-refractivity contribution in [3.05, 3.63) is 24.3 Å². The molecule has 0 aromatic heterocycles. The maximum absolute atomic E-state index is 12.3. The van der Waals surface area contributed by atoms with Crippen LogP contribution in [0.1, 0.15) is 19.8 Å². The summed E-state index contributed by atoms with van der Waals surface area (Å²) >= 11 is 0. The molecule has 1 aliphatic heterocycles. The van der Waals surface area contributed by atoms with Crippen LogP contribution < -0.4 is 15.4 Å². The molecule has 0 bridgehead atoms. The van der Waals surface area contributed by atoms with Crippen molar-refractivity contribution in [3.63, 3.8) is 0 Å². The van der Waals surface area contributed by atoms with Crippen LogP contribution in [0.15, 0.2) is 24.3 Å². The summed E-state index contributed by atoms with van der Waals surface area (Å²) in [4.78, 5) is 25.2. The molecule has 0 radical (unpaired) electrons. The summed E-state index contributed by atoms with van der Waals surface area (Å²) in [5.74, 6) is 0.630. The van der Waals surface area contributed by atoms with Gasteiger partial charge in [-0.15, -0.1) is 0 Å². The molecule has 2 atom stereocenters. The highest BCUT2D eigenvalue weighted by Gasteiger charge is 2.24. The molecule has 1 saturated heterocycles. The summed E-state index contributed by atoms with van der Waals surface area (Å²) in [6.45, 7) is 2.98. The maximum atomic E-state index is 12.3. The number of piperidine rings is 1. The lowest BCUT2D eigenvalue weighted by molar-refractivity contribution is -0.130. The molecule has 1 aromatic carbocycles. The molecule has 2 N–H and O–H groups in total. The van der Waals surface area contributed by atoms with Crippen molar-refractivity contribution in [1.29, 1.82) is 0 Å². The molecule has 1 aromatic rings. The predicted octanol–water partition coefficient (Wildman–Crippen LogP) is 1.48. The number of carbonyl (C=O) groups is 2. The third-order valence-electron chi connectivity index (χ3n) is 3.98. The third kappa shape index (κ3) is 5.25. The molecule has 1 heterocycles. The van der Waals surface area contributed by atoms with Gasteiger partial charge in [-0.1, -0.05) is 0 Å². The van der Waals surface area contributed by atoms with Gasteiger partial charge in [0.1, 0.15) is 5.75 Å². The normalized spacial score (nSPS) is 20.7. The Morgan fingerprint density at radius 1 is 1.30 bits per heavy atom. The summed E-state index contributed by atoms with van der Waals surface area (Å²) in [6, 6.07) is 7.47. The largest absolute Gasteiger partial charge is 0.484 e. The van der Waals surface area contributed by atoms with Gasteiger partial charge in [0.2, 0.25) is 5.91 Å². The zero-order chi connectivity index (χ0) is 16.8. The average molecular weight is 319 g/mol. The maximum Gasteiger partial charge on any atom is 0.259 e. The van der Waals surface area contributed by atoms with Gasteiger partial charge in [-0.05, 0) is 50.6 Å². The van der Waals surface area contributed by atoms with Crippen molar-refractivity contribution in [1.82, 2.24) is 10.2 Å². The molecule has 0 unspecified atom stereocenters. The van der Waals surface area contributed by atoms with E-state index in [-0.39, 0.29) is 24.3 Å². The van der Waals surface area contributed by atoms with Gasteiger partial charge in [-0.25, -0.2) is 0 Å². The van der Waals surface area contributed by atoms with Gasteiger partial charge in [0.25, 0.3) is 5.91 Å². The number of anilines is 1. The zero-order valence-corrected chi connectivity index (χ0v) is 14.0. The van der Waals surface area contributed by atoms with Gasteiger partial charge in [0.15, 0.2) is 6.61 Å². The standard InChI is InChI=1S/C17H25N3O3/c1-12-10-13(8-9-18-12)17(22)19-14-4-6-15(7-5-14)23-11-16(21)20(2)3/h4-7,12-13,18H,8-11H2,1-3H3,(H,19,22)/t12-,13-/m0/s1. The first kappa shape index (κ1) is 17.3. The molecule has 0 aliphatic carbocycles. The van der Waals surface area contributed by atoms with E-state index >= 15 is 0 Å². The molecule has 1 fully saturated rings. The number of rotatable bonds is 5. The molecule has 0 saturated carbocycles. The first-order valence-corrected chi connectivity index (χ1v) is 7.93. The van der Waals surface area contributed by atoms with Crippen LogP contribution in [0.25, 0.3) is 0 Å². The van der Waals surface area contributed by atoms with Gasteiger partial charge in [-0.2, -0.15) is 0 Å². The van der Waals surface area contributed by atoms with Gasteiger partial charge in [0, 0.05) is 31.7 Å². The number of ether oxygens (including phenoxy) is 1. The Labute approximate surface area is 137 Å². The number of nitrogens with one attached hydrogen (secondary N) is 2. The number of benzene rings is 1. The summed E-state index contributed by atoms with van der Waals surface area (Å²) in [6.07, 6.45) is 1.73. The van der Waals surface area contributed by atoms with Crippen molar-refractivity contribution >= 4 is 17.5 Å². The Balaban J connectivity index is 1.84. The first-order chi connectivity index (χ1) is 11.0. The van der Waals surface area contributed by atoms with Crippen LogP contribution in [0.4, 0.5) is 5.69 Å². The Bertz CT molecular complexity index is 543. The van der Waals surface area contributed by atoms with E-state index in [1.165, 1.54) is 4.90 Å².